The van der Waals surface area contributed by atoms with Crippen molar-refractivity contribution < 1.29 is 9.90 Å². The number of phenolic OH excluding ortho intramolecular Hbond substituents is 1. The van der Waals surface area contributed by atoms with Crippen molar-refractivity contribution in [2.75, 3.05) is 18.8 Å². The lowest BCUT2D eigenvalue weighted by Crippen LogP contribution is -2.32. The topological polar surface area (TPSA) is 66.6 Å². The zero-order valence-electron chi connectivity index (χ0n) is 10.4. The maximum Gasteiger partial charge on any atom is 0.256 e. The van der Waals surface area contributed by atoms with Crippen molar-refractivity contribution in [2.45, 2.75) is 26.7 Å². The lowest BCUT2D eigenvalue weighted by Gasteiger charge is -2.21. The Morgan fingerprint density at radius 1 is 1.41 bits per heavy atom. The first-order chi connectivity index (χ1) is 8.10. The lowest BCUT2D eigenvalue weighted by molar-refractivity contribution is 0.0763. The third-order valence-corrected chi connectivity index (χ3v) is 2.72. The number of aromatic hydroxyl groups is 1. The normalized spacial score (nSPS) is 10.2. The largest absolute Gasteiger partial charge is 0.508 e. The van der Waals surface area contributed by atoms with Crippen LogP contribution in [0.25, 0.3) is 0 Å². The molecule has 0 atom stereocenters. The SMILES string of the molecule is CCCCN(CC)C(=O)c1cc(O)ccc1N. The number of amides is 1. The molecule has 4 nitrogen and oxygen atoms in total. The number of benzene rings is 1. The van der Waals surface area contributed by atoms with Gasteiger partial charge in [-0.3, -0.25) is 4.79 Å². The van der Waals surface area contributed by atoms with Crippen LogP contribution in [0.3, 0.4) is 0 Å². The van der Waals surface area contributed by atoms with Gasteiger partial charge in [0.25, 0.3) is 5.91 Å². The molecule has 1 aromatic carbocycles. The van der Waals surface area contributed by atoms with E-state index in [1.807, 2.05) is 6.92 Å². The number of unbranched alkanes of at least 4 members (excludes halogenated alkanes) is 1. The average molecular weight is 236 g/mol. The first kappa shape index (κ1) is 13.4. The molecule has 0 aromatic heterocycles. The van der Waals surface area contributed by atoms with E-state index in [1.165, 1.54) is 12.1 Å². The molecule has 17 heavy (non-hydrogen) atoms. The van der Waals surface area contributed by atoms with Crippen molar-refractivity contribution in [1.29, 1.82) is 0 Å². The molecule has 1 rings (SSSR count). The van der Waals surface area contributed by atoms with Crippen molar-refractivity contribution in [3.05, 3.63) is 23.8 Å². The van der Waals surface area contributed by atoms with Crippen molar-refractivity contribution in [2.24, 2.45) is 0 Å². The quantitative estimate of drug-likeness (QED) is 0.608. The van der Waals surface area contributed by atoms with Crippen LogP contribution < -0.4 is 5.73 Å². The predicted octanol–water partition coefficient (Wildman–Crippen LogP) is 2.24. The standard InChI is InChI=1S/C13H20N2O2/c1-3-5-8-15(4-2)13(17)11-9-10(16)6-7-12(11)14/h6-7,9,16H,3-5,8,14H2,1-2H3. The maximum absolute atomic E-state index is 12.2. The minimum absolute atomic E-state index is 0.0640. The van der Waals surface area contributed by atoms with E-state index in [1.54, 1.807) is 11.0 Å². The van der Waals surface area contributed by atoms with E-state index in [2.05, 4.69) is 6.92 Å². The number of carbonyl (C=O) groups is 1. The summed E-state index contributed by atoms with van der Waals surface area (Å²) in [7, 11) is 0. The number of nitrogens with zero attached hydrogens (tertiary/aromatic N) is 1. The molecular formula is C13H20N2O2. The Hall–Kier alpha value is -1.71. The third-order valence-electron chi connectivity index (χ3n) is 2.72. The van der Waals surface area contributed by atoms with Crippen LogP contribution in [0.4, 0.5) is 5.69 Å². The smallest absolute Gasteiger partial charge is 0.256 e. The molecule has 0 saturated carbocycles. The van der Waals surface area contributed by atoms with Crippen LogP contribution in [0, 0.1) is 0 Å². The van der Waals surface area contributed by atoms with Crippen LogP contribution in [0.5, 0.6) is 5.75 Å². The van der Waals surface area contributed by atoms with Gasteiger partial charge in [0, 0.05) is 18.8 Å². The highest BCUT2D eigenvalue weighted by Crippen LogP contribution is 2.20. The number of nitrogens with two attached hydrogens (primary N) is 1. The zero-order valence-corrected chi connectivity index (χ0v) is 10.4. The summed E-state index contributed by atoms with van der Waals surface area (Å²) in [5.74, 6) is -0.0524. The van der Waals surface area contributed by atoms with Gasteiger partial charge in [0.05, 0.1) is 5.56 Å². The number of hydrogen-bond donors (Lipinski definition) is 2. The van der Waals surface area contributed by atoms with Crippen LogP contribution in [-0.2, 0) is 0 Å². The van der Waals surface area contributed by atoms with Gasteiger partial charge in [-0.05, 0) is 31.5 Å². The highest BCUT2D eigenvalue weighted by molar-refractivity contribution is 5.99. The number of hydrogen-bond acceptors (Lipinski definition) is 3. The van der Waals surface area contributed by atoms with Crippen molar-refractivity contribution >= 4 is 11.6 Å². The Labute approximate surface area is 102 Å². The fourth-order valence-electron chi connectivity index (χ4n) is 1.65. The monoisotopic (exact) mass is 236 g/mol. The number of carbonyl (C=O) groups excluding carboxylic acids is 1. The van der Waals surface area contributed by atoms with Crippen LogP contribution >= 0.6 is 0 Å². The van der Waals surface area contributed by atoms with Gasteiger partial charge < -0.3 is 15.7 Å². The number of nitrogen functional groups attached to an aromatic ring is 1. The number of phenols is 1. The summed E-state index contributed by atoms with van der Waals surface area (Å²) in [5, 5.41) is 9.39. The first-order valence-corrected chi connectivity index (χ1v) is 5.97. The minimum atomic E-state index is -0.116. The first-order valence-electron chi connectivity index (χ1n) is 5.97. The van der Waals surface area contributed by atoms with Gasteiger partial charge in [0.15, 0.2) is 0 Å². The van der Waals surface area contributed by atoms with E-state index in [4.69, 9.17) is 5.73 Å². The highest BCUT2D eigenvalue weighted by Gasteiger charge is 2.16. The van der Waals surface area contributed by atoms with E-state index in [9.17, 15) is 9.90 Å². The fourth-order valence-corrected chi connectivity index (χ4v) is 1.65. The molecule has 3 N–H and O–H groups in total. The second kappa shape index (κ2) is 6.13. The van der Waals surface area contributed by atoms with Crippen LogP contribution in [-0.4, -0.2) is 29.0 Å². The van der Waals surface area contributed by atoms with Gasteiger partial charge in [0.1, 0.15) is 5.75 Å². The Morgan fingerprint density at radius 2 is 2.12 bits per heavy atom. The molecule has 4 heteroatoms. The van der Waals surface area contributed by atoms with E-state index >= 15 is 0 Å². The van der Waals surface area contributed by atoms with E-state index in [0.29, 0.717) is 17.8 Å². The number of anilines is 1. The predicted molar refractivity (Wildman–Crippen MR) is 69.0 cm³/mol. The zero-order chi connectivity index (χ0) is 12.8. The summed E-state index contributed by atoms with van der Waals surface area (Å²) in [4.78, 5) is 13.9. The molecule has 1 amide bonds. The molecule has 94 valence electrons. The molecule has 0 aliphatic carbocycles. The van der Waals surface area contributed by atoms with Crippen LogP contribution in [0.2, 0.25) is 0 Å². The third kappa shape index (κ3) is 3.37. The summed E-state index contributed by atoms with van der Waals surface area (Å²) < 4.78 is 0. The fraction of sp³-hybridized carbons (Fsp3) is 0.462. The molecular weight excluding hydrogens is 216 g/mol. The Kier molecular flexibility index (Phi) is 4.82. The van der Waals surface area contributed by atoms with Gasteiger partial charge >= 0.3 is 0 Å². The van der Waals surface area contributed by atoms with E-state index < -0.39 is 0 Å². The van der Waals surface area contributed by atoms with Gasteiger partial charge in [-0.1, -0.05) is 13.3 Å². The Bertz CT molecular complexity index is 391. The van der Waals surface area contributed by atoms with E-state index in [0.717, 1.165) is 19.4 Å². The van der Waals surface area contributed by atoms with Crippen molar-refractivity contribution in [1.82, 2.24) is 4.90 Å². The maximum atomic E-state index is 12.2. The Balaban J connectivity index is 2.89. The summed E-state index contributed by atoms with van der Waals surface area (Å²) in [6.07, 6.45) is 2.01. The summed E-state index contributed by atoms with van der Waals surface area (Å²) in [6.45, 7) is 5.39. The second-order valence-corrected chi connectivity index (χ2v) is 4.01. The highest BCUT2D eigenvalue weighted by atomic mass is 16.3. The van der Waals surface area contributed by atoms with Crippen molar-refractivity contribution in [3.8, 4) is 5.75 Å². The molecule has 1 aromatic rings. The summed E-state index contributed by atoms with van der Waals surface area (Å²) in [5.41, 5.74) is 6.54. The Morgan fingerprint density at radius 3 is 2.71 bits per heavy atom. The molecule has 0 spiro atoms. The van der Waals surface area contributed by atoms with Gasteiger partial charge in [-0.15, -0.1) is 0 Å². The summed E-state index contributed by atoms with van der Waals surface area (Å²) in [6, 6.07) is 4.46. The summed E-state index contributed by atoms with van der Waals surface area (Å²) >= 11 is 0. The van der Waals surface area contributed by atoms with E-state index in [-0.39, 0.29) is 11.7 Å². The molecule has 0 aliphatic heterocycles. The molecule has 0 unspecified atom stereocenters. The molecule has 0 radical (unpaired) electrons. The molecule has 0 aliphatic rings. The molecule has 0 heterocycles. The van der Waals surface area contributed by atoms with Gasteiger partial charge in [0.2, 0.25) is 0 Å². The molecule has 0 bridgehead atoms. The van der Waals surface area contributed by atoms with Crippen molar-refractivity contribution in [3.63, 3.8) is 0 Å². The lowest BCUT2D eigenvalue weighted by atomic mass is 10.1. The van der Waals surface area contributed by atoms with Gasteiger partial charge in [-0.25, -0.2) is 0 Å². The molecule has 0 fully saturated rings. The van der Waals surface area contributed by atoms with Crippen LogP contribution in [0.15, 0.2) is 18.2 Å². The second-order valence-electron chi connectivity index (χ2n) is 4.01. The molecule has 0 saturated heterocycles. The minimum Gasteiger partial charge on any atom is -0.508 e. The van der Waals surface area contributed by atoms with Crippen LogP contribution in [0.1, 0.15) is 37.0 Å². The average Bonchev–Trinajstić information content (AvgIpc) is 2.33. The number of rotatable bonds is 5. The van der Waals surface area contributed by atoms with Gasteiger partial charge in [-0.2, -0.15) is 0 Å².